The van der Waals surface area contributed by atoms with Gasteiger partial charge in [-0.05, 0) is 58.4 Å². The molecule has 5 rings (SSSR count). The molecule has 7 nitrogen and oxygen atoms in total. The second kappa shape index (κ2) is 13.1. The van der Waals surface area contributed by atoms with Crippen molar-refractivity contribution in [2.75, 3.05) is 7.05 Å². The van der Waals surface area contributed by atoms with Crippen molar-refractivity contribution in [3.63, 3.8) is 0 Å². The first kappa shape index (κ1) is 33.4. The average Bonchev–Trinajstić information content (AvgIpc) is 3.41. The van der Waals surface area contributed by atoms with Gasteiger partial charge in [-0.1, -0.05) is 107 Å². The second-order valence-electron chi connectivity index (χ2n) is 13.6. The fraction of sp³-hybridized carbons (Fsp3) is 0.324. The number of benzene rings is 3. The topological polar surface area (TPSA) is 96.0 Å². The van der Waals surface area contributed by atoms with Gasteiger partial charge in [0.05, 0.1) is 22.1 Å². The number of H-pyrrole nitrogens is 1. The van der Waals surface area contributed by atoms with Crippen LogP contribution in [-0.4, -0.2) is 54.2 Å². The summed E-state index contributed by atoms with van der Waals surface area (Å²) in [6, 6.07) is 27.9. The van der Waals surface area contributed by atoms with Crippen LogP contribution in [0.2, 0.25) is 5.04 Å². The number of likely N-dealkylation sites (N-methyl/N-ethyl adjacent to an activating group) is 1. The van der Waals surface area contributed by atoms with E-state index in [4.69, 9.17) is 0 Å². The number of sulfonamides is 1. The van der Waals surface area contributed by atoms with Gasteiger partial charge in [0.25, 0.3) is 0 Å². The minimum Gasteiger partial charge on any atom is -0.342 e. The molecule has 0 aliphatic rings. The van der Waals surface area contributed by atoms with Gasteiger partial charge >= 0.3 is 0 Å². The molecule has 0 bridgehead atoms. The zero-order chi connectivity index (χ0) is 33.3. The van der Waals surface area contributed by atoms with Crippen LogP contribution in [0.3, 0.4) is 0 Å². The molecule has 1 N–H and O–H groups in total. The maximum Gasteiger partial charge on any atom is 0.243 e. The van der Waals surface area contributed by atoms with E-state index in [0.29, 0.717) is 12.8 Å². The lowest BCUT2D eigenvalue weighted by molar-refractivity contribution is -0.116. The molecule has 0 aliphatic heterocycles. The molecule has 3 aromatic carbocycles. The maximum atomic E-state index is 15.4. The van der Waals surface area contributed by atoms with Gasteiger partial charge in [0.15, 0.2) is 0 Å². The zero-order valence-corrected chi connectivity index (χ0v) is 29.6. The molecule has 0 aliphatic carbocycles. The number of nitrogens with one attached hydrogen (secondary N) is 1. The van der Waals surface area contributed by atoms with Gasteiger partial charge in [-0.25, -0.2) is 13.4 Å². The smallest absolute Gasteiger partial charge is 0.243 e. The summed E-state index contributed by atoms with van der Waals surface area (Å²) in [6.45, 7) is 12.3. The molecule has 0 amide bonds. The van der Waals surface area contributed by atoms with E-state index in [9.17, 15) is 8.42 Å². The van der Waals surface area contributed by atoms with Crippen LogP contribution in [0.4, 0.5) is 0 Å². The normalized spacial score (nSPS) is 13.4. The van der Waals surface area contributed by atoms with Crippen LogP contribution in [0, 0.1) is 12.8 Å². The number of nitrogens with zero attached hydrogens (tertiary/aromatic N) is 3. The van der Waals surface area contributed by atoms with E-state index in [-0.39, 0.29) is 16.2 Å². The van der Waals surface area contributed by atoms with Crippen molar-refractivity contribution in [1.82, 2.24) is 19.3 Å². The van der Waals surface area contributed by atoms with Crippen LogP contribution in [0.5, 0.6) is 0 Å². The van der Waals surface area contributed by atoms with Gasteiger partial charge in [0.2, 0.25) is 18.1 Å². The van der Waals surface area contributed by atoms with Crippen molar-refractivity contribution in [2.45, 2.75) is 70.4 Å². The van der Waals surface area contributed by atoms with Crippen LogP contribution in [0.15, 0.2) is 102 Å². The zero-order valence-electron chi connectivity index (χ0n) is 27.8. The van der Waals surface area contributed by atoms with Crippen molar-refractivity contribution < 1.29 is 13.2 Å². The largest absolute Gasteiger partial charge is 0.342 e. The molecule has 2 heterocycles. The Morgan fingerprint density at radius 1 is 0.891 bits per heavy atom. The van der Waals surface area contributed by atoms with Gasteiger partial charge in [0.1, 0.15) is 16.7 Å². The predicted octanol–water partition coefficient (Wildman–Crippen LogP) is 6.06. The summed E-state index contributed by atoms with van der Waals surface area (Å²) in [6.07, 6.45) is 2.68. The van der Waals surface area contributed by atoms with Gasteiger partial charge in [-0.3, -0.25) is 4.98 Å². The lowest BCUT2D eigenvalue weighted by Crippen LogP contribution is -2.73. The Labute approximate surface area is 274 Å². The third-order valence-electron chi connectivity index (χ3n) is 8.91. The van der Waals surface area contributed by atoms with E-state index >= 15 is 4.79 Å². The highest BCUT2D eigenvalue weighted by Gasteiger charge is 2.57. The van der Waals surface area contributed by atoms with Gasteiger partial charge in [0, 0.05) is 19.7 Å². The number of fused-ring (bicyclic) bond motifs is 1. The highest BCUT2D eigenvalue weighted by Crippen LogP contribution is 2.39. The number of aryl methyl sites for hydroxylation is 1. The van der Waals surface area contributed by atoms with E-state index in [0.717, 1.165) is 38.5 Å². The maximum absolute atomic E-state index is 15.4. The molecule has 1 atom stereocenters. The Morgan fingerprint density at radius 2 is 1.46 bits per heavy atom. The standard InChI is InChI=1S/C37H44N4O3SSi/c1-26(2)24-34(36(42)46(37(4,5)6,30-14-10-8-11-15-30)31-16-12-9-13-17-31)41(7)45(43,44)29-20-18-28(19-21-29)25-33-35-32(22-23-38-33)39-27(3)40-35/h8-23,26,34H,24-25H2,1-7H3,(H,39,40)/t34-/m0/s1. The quantitative estimate of drug-likeness (QED) is 0.175. The third-order valence-corrected chi connectivity index (χ3v) is 16.5. The number of aromatic amines is 1. The lowest BCUT2D eigenvalue weighted by Gasteiger charge is -2.45. The molecule has 2 aromatic heterocycles. The lowest BCUT2D eigenvalue weighted by atomic mass is 10.1. The number of hydrogen-bond acceptors (Lipinski definition) is 5. The fourth-order valence-electron chi connectivity index (χ4n) is 6.73. The predicted molar refractivity (Wildman–Crippen MR) is 189 cm³/mol. The second-order valence-corrected chi connectivity index (χ2v) is 20.2. The summed E-state index contributed by atoms with van der Waals surface area (Å²) in [5, 5.41) is 1.52. The number of aromatic nitrogens is 3. The summed E-state index contributed by atoms with van der Waals surface area (Å²) in [5.41, 5.74) is 3.48. The van der Waals surface area contributed by atoms with E-state index in [1.54, 1.807) is 25.4 Å². The minimum atomic E-state index is -4.02. The molecule has 0 spiro atoms. The van der Waals surface area contributed by atoms with Gasteiger partial charge in [-0.2, -0.15) is 4.31 Å². The molecule has 0 radical (unpaired) electrons. The Balaban J connectivity index is 1.54. The van der Waals surface area contributed by atoms with Crippen molar-refractivity contribution in [3.05, 3.63) is 114 Å². The van der Waals surface area contributed by atoms with E-state index < -0.39 is 29.2 Å². The number of rotatable bonds is 11. The summed E-state index contributed by atoms with van der Waals surface area (Å²) >= 11 is 0. The molecule has 240 valence electrons. The monoisotopic (exact) mass is 652 g/mol. The molecule has 0 saturated carbocycles. The van der Waals surface area contributed by atoms with Gasteiger partial charge < -0.3 is 9.78 Å². The van der Waals surface area contributed by atoms with Crippen molar-refractivity contribution in [2.24, 2.45) is 5.92 Å². The van der Waals surface area contributed by atoms with Crippen LogP contribution in [-0.2, 0) is 21.2 Å². The Morgan fingerprint density at radius 3 is 1.98 bits per heavy atom. The Kier molecular flexibility index (Phi) is 9.49. The average molecular weight is 653 g/mol. The minimum absolute atomic E-state index is 0.00209. The van der Waals surface area contributed by atoms with Crippen LogP contribution in [0.1, 0.15) is 58.1 Å². The van der Waals surface area contributed by atoms with E-state index in [1.807, 2.05) is 99.6 Å². The number of pyridine rings is 1. The van der Waals surface area contributed by atoms with Crippen LogP contribution < -0.4 is 10.4 Å². The number of carbonyl (C=O) groups is 1. The highest BCUT2D eigenvalue weighted by molar-refractivity contribution is 7.89. The SMILES string of the molecule is Cc1nc2c(Cc3ccc(S(=O)(=O)N(C)[C@@H](CC(C)C)C(=O)[Si](c4ccccc4)(c4ccccc4)C(C)(C)C)cc3)nccc2[nH]1. The molecule has 46 heavy (non-hydrogen) atoms. The highest BCUT2D eigenvalue weighted by atomic mass is 32.2. The fourth-order valence-corrected chi connectivity index (χ4v) is 13.7. The summed E-state index contributed by atoms with van der Waals surface area (Å²) < 4.78 is 30.0. The Hall–Kier alpha value is -3.92. The molecule has 9 heteroatoms. The van der Waals surface area contributed by atoms with E-state index in [2.05, 4.69) is 35.7 Å². The molecular weight excluding hydrogens is 609 g/mol. The van der Waals surface area contributed by atoms with E-state index in [1.165, 1.54) is 4.31 Å². The van der Waals surface area contributed by atoms with Crippen molar-refractivity contribution >= 4 is 44.9 Å². The molecule has 5 aromatic rings. The van der Waals surface area contributed by atoms with Crippen LogP contribution >= 0.6 is 0 Å². The molecule has 0 unspecified atom stereocenters. The van der Waals surface area contributed by atoms with Crippen molar-refractivity contribution in [3.8, 4) is 0 Å². The first-order valence-corrected chi connectivity index (χ1v) is 19.2. The third kappa shape index (κ3) is 6.23. The Bertz CT molecular complexity index is 1880. The van der Waals surface area contributed by atoms with Gasteiger partial charge in [-0.15, -0.1) is 0 Å². The molecule has 0 saturated heterocycles. The summed E-state index contributed by atoms with van der Waals surface area (Å²) in [4.78, 5) is 27.9. The molecule has 0 fully saturated rings. The summed E-state index contributed by atoms with van der Waals surface area (Å²) in [7, 11) is -5.71. The summed E-state index contributed by atoms with van der Waals surface area (Å²) in [5.74, 6) is 0.908. The molecular formula is C37H44N4O3SSi. The van der Waals surface area contributed by atoms with Crippen LogP contribution in [0.25, 0.3) is 11.0 Å². The number of hydrogen-bond donors (Lipinski definition) is 1. The number of carbonyl (C=O) groups excluding carboxylic acids is 1. The first-order chi connectivity index (χ1) is 21.8. The number of imidazole rings is 1. The first-order valence-electron chi connectivity index (χ1n) is 15.8. The van der Waals surface area contributed by atoms with Crippen molar-refractivity contribution in [1.29, 1.82) is 0 Å².